The molecule has 0 spiro atoms. The predicted octanol–water partition coefficient (Wildman–Crippen LogP) is 5.71. The van der Waals surface area contributed by atoms with Crippen molar-refractivity contribution in [2.45, 2.75) is 45.8 Å². The van der Waals surface area contributed by atoms with Crippen LogP contribution in [0.15, 0.2) is 72.8 Å². The van der Waals surface area contributed by atoms with Crippen LogP contribution in [0.3, 0.4) is 0 Å². The molecule has 3 aromatic carbocycles. The molecule has 2 heterocycles. The van der Waals surface area contributed by atoms with E-state index in [0.29, 0.717) is 42.8 Å². The quantitative estimate of drug-likeness (QED) is 0.294. The number of hydrogen-bond acceptors (Lipinski definition) is 7. The average Bonchev–Trinajstić information content (AvgIpc) is 3.47. The zero-order valence-electron chi connectivity index (χ0n) is 22.5. The van der Waals surface area contributed by atoms with Gasteiger partial charge in [0.1, 0.15) is 11.7 Å². The number of imide groups is 1. The fourth-order valence-corrected chi connectivity index (χ4v) is 5.03. The number of carbonyl (C=O) groups excluding carboxylic acids is 2. The molecule has 2 saturated heterocycles. The van der Waals surface area contributed by atoms with Gasteiger partial charge in [0, 0.05) is 0 Å². The average molecular weight is 531 g/mol. The van der Waals surface area contributed by atoms with Gasteiger partial charge in [0.15, 0.2) is 17.6 Å². The van der Waals surface area contributed by atoms with Crippen molar-refractivity contribution in [2.75, 3.05) is 29.8 Å². The van der Waals surface area contributed by atoms with Crippen LogP contribution in [-0.2, 0) is 14.4 Å². The summed E-state index contributed by atoms with van der Waals surface area (Å²) >= 11 is 0. The summed E-state index contributed by atoms with van der Waals surface area (Å²) in [6, 6.07) is 21.6. The highest BCUT2D eigenvalue weighted by atomic mass is 16.7. The van der Waals surface area contributed by atoms with Gasteiger partial charge in [0.2, 0.25) is 5.91 Å². The van der Waals surface area contributed by atoms with Crippen molar-refractivity contribution in [3.8, 4) is 17.2 Å². The molecule has 8 heteroatoms. The van der Waals surface area contributed by atoms with Crippen molar-refractivity contribution in [3.63, 3.8) is 0 Å². The Morgan fingerprint density at radius 3 is 2.15 bits per heavy atom. The van der Waals surface area contributed by atoms with Gasteiger partial charge in [-0.25, -0.2) is 9.96 Å². The maximum absolute atomic E-state index is 13.9. The Morgan fingerprint density at radius 1 is 0.744 bits per heavy atom. The number of hydrogen-bond donors (Lipinski definition) is 0. The minimum Gasteiger partial charge on any atom is -0.494 e. The second kappa shape index (κ2) is 11.8. The van der Waals surface area contributed by atoms with Crippen LogP contribution in [0, 0.1) is 5.92 Å². The molecule has 0 N–H and O–H groups in total. The summed E-state index contributed by atoms with van der Waals surface area (Å²) in [5.41, 5.74) is 2.05. The molecule has 3 atom stereocenters. The van der Waals surface area contributed by atoms with Gasteiger partial charge in [0.05, 0.1) is 37.2 Å². The monoisotopic (exact) mass is 530 g/mol. The van der Waals surface area contributed by atoms with Gasteiger partial charge in [-0.05, 0) is 73.9 Å². The van der Waals surface area contributed by atoms with Crippen LogP contribution in [0.25, 0.3) is 0 Å². The fraction of sp³-hybridized carbons (Fsp3) is 0.355. The third kappa shape index (κ3) is 5.16. The normalized spacial score (nSPS) is 20.3. The minimum atomic E-state index is -0.953. The Bertz CT molecular complexity index is 1300. The highest BCUT2D eigenvalue weighted by Gasteiger charge is 2.60. The van der Waals surface area contributed by atoms with Crippen molar-refractivity contribution in [1.82, 2.24) is 0 Å². The number of nitrogens with zero attached hydrogens (tertiary/aromatic N) is 2. The lowest BCUT2D eigenvalue weighted by atomic mass is 9.90. The highest BCUT2D eigenvalue weighted by molar-refractivity contribution is 6.23. The van der Waals surface area contributed by atoms with Crippen LogP contribution in [0.4, 0.5) is 11.4 Å². The molecule has 8 nitrogen and oxygen atoms in total. The van der Waals surface area contributed by atoms with Gasteiger partial charge in [-0.3, -0.25) is 14.4 Å². The van der Waals surface area contributed by atoms with E-state index in [9.17, 15) is 9.59 Å². The standard InChI is InChI=1S/C31H34N2O6/c1-4-18-37-24-15-13-22(14-16-24)32-30(34)27-28(21-12-17-25(38-19-5-2)26(20-21)36-6-3)33(39-29(27)31(32)35)23-10-8-7-9-11-23/h7-17,20,27-29H,4-6,18-19H2,1-3H3. The maximum Gasteiger partial charge on any atom is 0.266 e. The molecular weight excluding hydrogens is 496 g/mol. The molecule has 39 heavy (non-hydrogen) atoms. The lowest BCUT2D eigenvalue weighted by Crippen LogP contribution is -2.37. The number of anilines is 2. The molecular formula is C31H34N2O6. The van der Waals surface area contributed by atoms with Crippen LogP contribution in [0.2, 0.25) is 0 Å². The number of fused-ring (bicyclic) bond motifs is 1. The van der Waals surface area contributed by atoms with E-state index in [4.69, 9.17) is 19.0 Å². The van der Waals surface area contributed by atoms with E-state index in [1.807, 2.05) is 69.3 Å². The SMILES string of the molecule is CCCOc1ccc(N2C(=O)C3ON(c4ccccc4)C(c4ccc(OCCC)c(OCC)c4)C3C2=O)cc1. The molecule has 5 rings (SSSR count). The summed E-state index contributed by atoms with van der Waals surface area (Å²) < 4.78 is 17.5. The molecule has 0 saturated carbocycles. The van der Waals surface area contributed by atoms with Crippen LogP contribution in [0.1, 0.15) is 45.2 Å². The Morgan fingerprint density at radius 2 is 1.46 bits per heavy atom. The molecule has 3 aromatic rings. The Hall–Kier alpha value is -4.04. The number of benzene rings is 3. The zero-order valence-corrected chi connectivity index (χ0v) is 22.5. The van der Waals surface area contributed by atoms with E-state index >= 15 is 0 Å². The van der Waals surface area contributed by atoms with E-state index in [1.54, 1.807) is 29.3 Å². The first kappa shape index (κ1) is 26.6. The van der Waals surface area contributed by atoms with E-state index in [-0.39, 0.29) is 11.8 Å². The number of para-hydroxylation sites is 1. The third-order valence-corrected chi connectivity index (χ3v) is 6.76. The van der Waals surface area contributed by atoms with E-state index in [0.717, 1.165) is 24.1 Å². The van der Waals surface area contributed by atoms with Gasteiger partial charge >= 0.3 is 0 Å². The molecule has 0 bridgehead atoms. The summed E-state index contributed by atoms with van der Waals surface area (Å²) in [4.78, 5) is 35.1. The number of rotatable bonds is 11. The Kier molecular flexibility index (Phi) is 8.02. The van der Waals surface area contributed by atoms with Crippen molar-refractivity contribution in [2.24, 2.45) is 5.92 Å². The van der Waals surface area contributed by atoms with Crippen LogP contribution in [0.5, 0.6) is 17.2 Å². The molecule has 204 valence electrons. The number of hydroxylamine groups is 1. The summed E-state index contributed by atoms with van der Waals surface area (Å²) in [6.07, 6.45) is 0.806. The van der Waals surface area contributed by atoms with Crippen LogP contribution < -0.4 is 24.2 Å². The fourth-order valence-electron chi connectivity index (χ4n) is 5.03. The topological polar surface area (TPSA) is 77.5 Å². The summed E-state index contributed by atoms with van der Waals surface area (Å²) in [6.45, 7) is 7.62. The van der Waals surface area contributed by atoms with E-state index in [1.165, 1.54) is 4.90 Å². The van der Waals surface area contributed by atoms with Gasteiger partial charge < -0.3 is 14.2 Å². The highest BCUT2D eigenvalue weighted by Crippen LogP contribution is 2.48. The van der Waals surface area contributed by atoms with E-state index in [2.05, 4.69) is 0 Å². The van der Waals surface area contributed by atoms with Crippen LogP contribution >= 0.6 is 0 Å². The Balaban J connectivity index is 1.51. The molecule has 0 aromatic heterocycles. The molecule has 2 aliphatic rings. The van der Waals surface area contributed by atoms with Gasteiger partial charge in [-0.1, -0.05) is 38.1 Å². The largest absolute Gasteiger partial charge is 0.494 e. The zero-order chi connectivity index (χ0) is 27.4. The smallest absolute Gasteiger partial charge is 0.266 e. The van der Waals surface area contributed by atoms with Crippen molar-refractivity contribution in [3.05, 3.63) is 78.4 Å². The first-order valence-electron chi connectivity index (χ1n) is 13.6. The van der Waals surface area contributed by atoms with Crippen molar-refractivity contribution >= 4 is 23.2 Å². The minimum absolute atomic E-state index is 0.306. The molecule has 2 fully saturated rings. The first-order chi connectivity index (χ1) is 19.1. The number of ether oxygens (including phenoxy) is 3. The summed E-state index contributed by atoms with van der Waals surface area (Å²) in [7, 11) is 0. The lowest BCUT2D eigenvalue weighted by Gasteiger charge is -2.29. The van der Waals surface area contributed by atoms with Crippen molar-refractivity contribution in [1.29, 1.82) is 0 Å². The third-order valence-electron chi connectivity index (χ3n) is 6.76. The van der Waals surface area contributed by atoms with Gasteiger partial charge in [-0.2, -0.15) is 0 Å². The maximum atomic E-state index is 13.9. The van der Waals surface area contributed by atoms with E-state index < -0.39 is 18.1 Å². The second-order valence-corrected chi connectivity index (χ2v) is 9.50. The number of amides is 2. The first-order valence-corrected chi connectivity index (χ1v) is 13.6. The molecule has 0 radical (unpaired) electrons. The molecule has 2 aliphatic heterocycles. The van der Waals surface area contributed by atoms with Gasteiger partial charge in [-0.15, -0.1) is 0 Å². The Labute approximate surface area is 229 Å². The molecule has 0 aliphatic carbocycles. The molecule has 2 amide bonds. The lowest BCUT2D eigenvalue weighted by molar-refractivity contribution is -0.126. The summed E-state index contributed by atoms with van der Waals surface area (Å²) in [5.74, 6) is 0.494. The predicted molar refractivity (Wildman–Crippen MR) is 148 cm³/mol. The van der Waals surface area contributed by atoms with Gasteiger partial charge in [0.25, 0.3) is 5.91 Å². The second-order valence-electron chi connectivity index (χ2n) is 9.50. The summed E-state index contributed by atoms with van der Waals surface area (Å²) in [5, 5.41) is 1.68. The number of carbonyl (C=O) groups is 2. The van der Waals surface area contributed by atoms with Crippen LogP contribution in [-0.4, -0.2) is 37.7 Å². The molecule has 3 unspecified atom stereocenters. The van der Waals surface area contributed by atoms with Crippen molar-refractivity contribution < 1.29 is 28.6 Å².